The van der Waals surface area contributed by atoms with Crippen LogP contribution in [0.3, 0.4) is 0 Å². The molecule has 1 unspecified atom stereocenters. The van der Waals surface area contributed by atoms with Gasteiger partial charge in [-0.3, -0.25) is 0 Å². The first-order valence-electron chi connectivity index (χ1n) is 8.83. The minimum Gasteiger partial charge on any atom is -0.381 e. The largest absolute Gasteiger partial charge is 0.381 e. The topological polar surface area (TPSA) is 49.8 Å². The number of hydrogen-bond donors (Lipinski definition) is 1. The molecule has 1 saturated heterocycles. The lowest BCUT2D eigenvalue weighted by Gasteiger charge is -2.24. The van der Waals surface area contributed by atoms with Crippen LogP contribution in [0.1, 0.15) is 18.4 Å². The van der Waals surface area contributed by atoms with E-state index in [2.05, 4.69) is 41.7 Å². The van der Waals surface area contributed by atoms with Gasteiger partial charge in [0.1, 0.15) is 5.01 Å². The van der Waals surface area contributed by atoms with E-state index in [-0.39, 0.29) is 0 Å². The molecule has 2 aromatic rings. The SMILES string of the molecule is CCNC(=NCc1nc(-c2ccccc2)cs1)N(C)CC1CCOC1. The standard InChI is InChI=1S/C19H26N4OS/c1-3-20-19(23(2)12-15-9-10-24-13-15)21-11-18-22-17(14-25-18)16-7-5-4-6-8-16/h4-8,14-15H,3,9-13H2,1-2H3,(H,20,21). The fourth-order valence-corrected chi connectivity index (χ4v) is 3.66. The second-order valence-electron chi connectivity index (χ2n) is 6.27. The molecule has 1 aliphatic rings. The van der Waals surface area contributed by atoms with Crippen LogP contribution in [0.2, 0.25) is 0 Å². The van der Waals surface area contributed by atoms with Gasteiger partial charge in [0.15, 0.2) is 5.96 Å². The van der Waals surface area contributed by atoms with E-state index in [1.807, 2.05) is 18.2 Å². The molecular formula is C19H26N4OS. The van der Waals surface area contributed by atoms with E-state index in [0.717, 1.165) is 54.9 Å². The Balaban J connectivity index is 1.63. The molecule has 3 rings (SSSR count). The Morgan fingerprint density at radius 3 is 2.96 bits per heavy atom. The van der Waals surface area contributed by atoms with Gasteiger partial charge >= 0.3 is 0 Å². The van der Waals surface area contributed by atoms with Crippen LogP contribution in [-0.2, 0) is 11.3 Å². The van der Waals surface area contributed by atoms with Crippen LogP contribution < -0.4 is 5.32 Å². The maximum atomic E-state index is 5.48. The molecule has 1 N–H and O–H groups in total. The van der Waals surface area contributed by atoms with Crippen molar-refractivity contribution in [2.45, 2.75) is 19.9 Å². The molecule has 1 fully saturated rings. The fraction of sp³-hybridized carbons (Fsp3) is 0.474. The number of rotatable bonds is 6. The van der Waals surface area contributed by atoms with Gasteiger partial charge in [-0.1, -0.05) is 30.3 Å². The molecule has 5 nitrogen and oxygen atoms in total. The fourth-order valence-electron chi connectivity index (χ4n) is 2.94. The molecule has 1 atom stereocenters. The van der Waals surface area contributed by atoms with Gasteiger partial charge in [-0.25, -0.2) is 9.98 Å². The molecule has 1 aromatic carbocycles. The number of nitrogens with one attached hydrogen (secondary N) is 1. The summed E-state index contributed by atoms with van der Waals surface area (Å²) >= 11 is 1.66. The maximum Gasteiger partial charge on any atom is 0.194 e. The summed E-state index contributed by atoms with van der Waals surface area (Å²) in [5, 5.41) is 6.52. The predicted octanol–water partition coefficient (Wildman–Crippen LogP) is 3.24. The molecule has 1 aromatic heterocycles. The van der Waals surface area contributed by atoms with E-state index in [9.17, 15) is 0 Å². The van der Waals surface area contributed by atoms with Crippen molar-refractivity contribution >= 4 is 17.3 Å². The lowest BCUT2D eigenvalue weighted by Crippen LogP contribution is -2.41. The number of aromatic nitrogens is 1. The molecule has 1 aliphatic heterocycles. The zero-order chi connectivity index (χ0) is 17.5. The average Bonchev–Trinajstić information content (AvgIpc) is 3.31. The second kappa shape index (κ2) is 8.97. The third kappa shape index (κ3) is 5.03. The van der Waals surface area contributed by atoms with Crippen molar-refractivity contribution in [3.05, 3.63) is 40.7 Å². The third-order valence-electron chi connectivity index (χ3n) is 4.24. The summed E-state index contributed by atoms with van der Waals surface area (Å²) in [6.45, 7) is 6.27. The van der Waals surface area contributed by atoms with E-state index in [1.165, 1.54) is 0 Å². The Morgan fingerprint density at radius 1 is 1.40 bits per heavy atom. The van der Waals surface area contributed by atoms with Crippen LogP contribution in [0.5, 0.6) is 0 Å². The van der Waals surface area contributed by atoms with Crippen molar-refractivity contribution in [2.24, 2.45) is 10.9 Å². The van der Waals surface area contributed by atoms with E-state index in [0.29, 0.717) is 12.5 Å². The molecule has 0 saturated carbocycles. The highest BCUT2D eigenvalue weighted by molar-refractivity contribution is 7.09. The van der Waals surface area contributed by atoms with E-state index >= 15 is 0 Å². The lowest BCUT2D eigenvalue weighted by molar-refractivity contribution is 0.181. The van der Waals surface area contributed by atoms with Crippen LogP contribution in [0.4, 0.5) is 0 Å². The van der Waals surface area contributed by atoms with Gasteiger partial charge in [0.2, 0.25) is 0 Å². The normalized spacial score (nSPS) is 17.7. The number of hydrogen-bond acceptors (Lipinski definition) is 4. The van der Waals surface area contributed by atoms with Crippen LogP contribution in [0.15, 0.2) is 40.7 Å². The number of nitrogens with zero attached hydrogens (tertiary/aromatic N) is 3. The van der Waals surface area contributed by atoms with Crippen LogP contribution >= 0.6 is 11.3 Å². The first-order valence-corrected chi connectivity index (χ1v) is 9.71. The highest BCUT2D eigenvalue weighted by atomic mass is 32.1. The van der Waals surface area contributed by atoms with Crippen molar-refractivity contribution in [2.75, 3.05) is 33.4 Å². The molecule has 0 radical (unpaired) electrons. The molecule has 2 heterocycles. The number of guanidine groups is 1. The van der Waals surface area contributed by atoms with E-state index in [4.69, 9.17) is 14.7 Å². The lowest BCUT2D eigenvalue weighted by atomic mass is 10.1. The van der Waals surface area contributed by atoms with Crippen molar-refractivity contribution in [1.82, 2.24) is 15.2 Å². The number of aliphatic imine (C=N–C) groups is 1. The van der Waals surface area contributed by atoms with Crippen molar-refractivity contribution in [1.29, 1.82) is 0 Å². The quantitative estimate of drug-likeness (QED) is 0.636. The molecule has 0 aliphatic carbocycles. The van der Waals surface area contributed by atoms with Crippen LogP contribution in [-0.4, -0.2) is 49.2 Å². The van der Waals surface area contributed by atoms with Gasteiger partial charge in [0, 0.05) is 43.6 Å². The summed E-state index contributed by atoms with van der Waals surface area (Å²) in [5.74, 6) is 1.53. The maximum absolute atomic E-state index is 5.48. The zero-order valence-corrected chi connectivity index (χ0v) is 15.8. The average molecular weight is 359 g/mol. The van der Waals surface area contributed by atoms with Gasteiger partial charge in [-0.2, -0.15) is 0 Å². The van der Waals surface area contributed by atoms with Crippen molar-refractivity contribution < 1.29 is 4.74 Å². The number of thiazole rings is 1. The summed E-state index contributed by atoms with van der Waals surface area (Å²) in [5.41, 5.74) is 2.18. The van der Waals surface area contributed by atoms with Crippen molar-refractivity contribution in [3.63, 3.8) is 0 Å². The van der Waals surface area contributed by atoms with Gasteiger partial charge < -0.3 is 15.0 Å². The monoisotopic (exact) mass is 358 g/mol. The molecule has 6 heteroatoms. The minimum absolute atomic E-state index is 0.596. The highest BCUT2D eigenvalue weighted by Gasteiger charge is 2.19. The first-order chi connectivity index (χ1) is 12.3. The Bertz CT molecular complexity index is 680. The number of benzene rings is 1. The van der Waals surface area contributed by atoms with E-state index < -0.39 is 0 Å². The van der Waals surface area contributed by atoms with E-state index in [1.54, 1.807) is 11.3 Å². The highest BCUT2D eigenvalue weighted by Crippen LogP contribution is 2.22. The van der Waals surface area contributed by atoms with Crippen LogP contribution in [0.25, 0.3) is 11.3 Å². The third-order valence-corrected chi connectivity index (χ3v) is 5.07. The molecular weight excluding hydrogens is 332 g/mol. The molecule has 0 bridgehead atoms. The zero-order valence-electron chi connectivity index (χ0n) is 14.9. The first kappa shape index (κ1) is 17.9. The Labute approximate surface area is 153 Å². The molecule has 0 amide bonds. The Hall–Kier alpha value is -1.92. The van der Waals surface area contributed by atoms with Gasteiger partial charge in [-0.05, 0) is 13.3 Å². The summed E-state index contributed by atoms with van der Waals surface area (Å²) in [7, 11) is 2.09. The summed E-state index contributed by atoms with van der Waals surface area (Å²) in [6.07, 6.45) is 1.14. The van der Waals surface area contributed by atoms with Gasteiger partial charge in [-0.15, -0.1) is 11.3 Å². The Morgan fingerprint density at radius 2 is 2.24 bits per heavy atom. The summed E-state index contributed by atoms with van der Waals surface area (Å²) < 4.78 is 5.48. The molecule has 0 spiro atoms. The molecule has 25 heavy (non-hydrogen) atoms. The second-order valence-corrected chi connectivity index (χ2v) is 7.22. The minimum atomic E-state index is 0.596. The number of ether oxygens (including phenoxy) is 1. The van der Waals surface area contributed by atoms with Crippen LogP contribution in [0, 0.1) is 5.92 Å². The summed E-state index contributed by atoms with van der Waals surface area (Å²) in [6, 6.07) is 10.3. The molecule has 134 valence electrons. The predicted molar refractivity (Wildman–Crippen MR) is 104 cm³/mol. The Kier molecular flexibility index (Phi) is 6.42. The van der Waals surface area contributed by atoms with Gasteiger partial charge in [0.05, 0.1) is 18.8 Å². The summed E-state index contributed by atoms with van der Waals surface area (Å²) in [4.78, 5) is 11.7. The smallest absolute Gasteiger partial charge is 0.194 e. The van der Waals surface area contributed by atoms with Gasteiger partial charge in [0.25, 0.3) is 0 Å². The van der Waals surface area contributed by atoms with Crippen molar-refractivity contribution in [3.8, 4) is 11.3 Å².